The Morgan fingerprint density at radius 1 is 1.42 bits per heavy atom. The monoisotopic (exact) mass is 264 g/mol. The summed E-state index contributed by atoms with van der Waals surface area (Å²) >= 11 is 0. The molecule has 1 aromatic rings. The van der Waals surface area contributed by atoms with Gasteiger partial charge in [0, 0.05) is 31.3 Å². The van der Waals surface area contributed by atoms with E-state index in [0.717, 1.165) is 5.56 Å². The molecule has 0 saturated carbocycles. The van der Waals surface area contributed by atoms with Crippen molar-refractivity contribution in [3.63, 3.8) is 0 Å². The molecule has 1 aromatic carbocycles. The van der Waals surface area contributed by atoms with Gasteiger partial charge >= 0.3 is 0 Å². The van der Waals surface area contributed by atoms with Gasteiger partial charge in [-0.1, -0.05) is 12.1 Å². The fourth-order valence-corrected chi connectivity index (χ4v) is 1.50. The summed E-state index contributed by atoms with van der Waals surface area (Å²) in [4.78, 5) is 14.4. The van der Waals surface area contributed by atoms with Crippen LogP contribution in [-0.2, 0) is 6.54 Å². The minimum atomic E-state index is -0.397. The van der Waals surface area contributed by atoms with Gasteiger partial charge in [0.15, 0.2) is 5.96 Å². The van der Waals surface area contributed by atoms with Crippen molar-refractivity contribution in [2.45, 2.75) is 32.9 Å². The van der Waals surface area contributed by atoms with Gasteiger partial charge < -0.3 is 10.6 Å². The smallest absolute Gasteiger partial charge is 0.269 e. The van der Waals surface area contributed by atoms with E-state index >= 15 is 0 Å². The Morgan fingerprint density at radius 3 is 2.63 bits per heavy atom. The highest BCUT2D eigenvalue weighted by molar-refractivity contribution is 5.80. The summed E-state index contributed by atoms with van der Waals surface area (Å²) in [5, 5.41) is 17.0. The van der Waals surface area contributed by atoms with Crippen molar-refractivity contribution < 1.29 is 4.92 Å². The van der Waals surface area contributed by atoms with Crippen LogP contribution in [0.1, 0.15) is 26.3 Å². The van der Waals surface area contributed by atoms with Crippen molar-refractivity contribution >= 4 is 11.6 Å². The molecule has 1 rings (SSSR count). The third-order valence-corrected chi connectivity index (χ3v) is 2.30. The van der Waals surface area contributed by atoms with Gasteiger partial charge in [-0.25, -0.2) is 0 Å². The number of hydrogen-bond donors (Lipinski definition) is 2. The van der Waals surface area contributed by atoms with Crippen LogP contribution >= 0.6 is 0 Å². The average Bonchev–Trinajstić information content (AvgIpc) is 2.33. The van der Waals surface area contributed by atoms with Crippen LogP contribution in [0.2, 0.25) is 0 Å². The zero-order valence-corrected chi connectivity index (χ0v) is 11.7. The molecule has 0 unspecified atom stereocenters. The number of hydrogen-bond acceptors (Lipinski definition) is 3. The molecule has 0 aliphatic heterocycles. The zero-order chi connectivity index (χ0) is 14.5. The van der Waals surface area contributed by atoms with Gasteiger partial charge in [0.2, 0.25) is 0 Å². The molecule has 0 amide bonds. The van der Waals surface area contributed by atoms with Crippen molar-refractivity contribution in [2.75, 3.05) is 7.05 Å². The maximum absolute atomic E-state index is 10.7. The predicted molar refractivity (Wildman–Crippen MR) is 76.2 cm³/mol. The first-order chi connectivity index (χ1) is 8.81. The number of benzene rings is 1. The van der Waals surface area contributed by atoms with E-state index in [1.165, 1.54) is 6.07 Å². The van der Waals surface area contributed by atoms with Gasteiger partial charge in [-0.15, -0.1) is 0 Å². The van der Waals surface area contributed by atoms with Crippen molar-refractivity contribution in [1.82, 2.24) is 10.6 Å². The zero-order valence-electron chi connectivity index (χ0n) is 11.7. The van der Waals surface area contributed by atoms with Gasteiger partial charge in [0.25, 0.3) is 5.69 Å². The number of nitrogens with zero attached hydrogens (tertiary/aromatic N) is 2. The van der Waals surface area contributed by atoms with E-state index in [1.54, 1.807) is 19.2 Å². The molecule has 0 radical (unpaired) electrons. The van der Waals surface area contributed by atoms with Gasteiger partial charge in [-0.05, 0) is 26.3 Å². The van der Waals surface area contributed by atoms with Crippen molar-refractivity contribution in [3.8, 4) is 0 Å². The maximum atomic E-state index is 10.7. The average molecular weight is 264 g/mol. The Labute approximate surface area is 113 Å². The number of nitro groups is 1. The lowest BCUT2D eigenvalue weighted by atomic mass is 10.1. The normalized spacial score (nSPS) is 12.1. The van der Waals surface area contributed by atoms with Crippen LogP contribution in [-0.4, -0.2) is 23.5 Å². The van der Waals surface area contributed by atoms with E-state index in [0.29, 0.717) is 12.5 Å². The number of nitrogens with one attached hydrogen (secondary N) is 2. The Balaban J connectivity index is 2.65. The third kappa shape index (κ3) is 5.37. The number of aliphatic imine (C=N–C) groups is 1. The number of non-ortho nitro benzene ring substituents is 1. The molecule has 0 atom stereocenters. The lowest BCUT2D eigenvalue weighted by Crippen LogP contribution is -2.47. The summed E-state index contributed by atoms with van der Waals surface area (Å²) < 4.78 is 0. The quantitative estimate of drug-likeness (QED) is 0.379. The van der Waals surface area contributed by atoms with Crippen LogP contribution in [0.25, 0.3) is 0 Å². The second kappa shape index (κ2) is 6.17. The van der Waals surface area contributed by atoms with Crippen LogP contribution in [0.3, 0.4) is 0 Å². The molecule has 0 spiro atoms. The van der Waals surface area contributed by atoms with Gasteiger partial charge in [-0.3, -0.25) is 15.1 Å². The highest BCUT2D eigenvalue weighted by Gasteiger charge is 2.12. The molecular formula is C13H20N4O2. The van der Waals surface area contributed by atoms with Crippen molar-refractivity contribution in [1.29, 1.82) is 0 Å². The standard InChI is InChI=1S/C13H20N4O2/c1-13(2,3)16-12(14-4)15-9-10-6-5-7-11(8-10)17(18)19/h5-8H,9H2,1-4H3,(H2,14,15,16). The van der Waals surface area contributed by atoms with E-state index in [1.807, 2.05) is 26.8 Å². The maximum Gasteiger partial charge on any atom is 0.269 e. The first-order valence-corrected chi connectivity index (χ1v) is 6.04. The van der Waals surface area contributed by atoms with Crippen LogP contribution in [0.4, 0.5) is 5.69 Å². The highest BCUT2D eigenvalue weighted by atomic mass is 16.6. The molecule has 0 saturated heterocycles. The van der Waals surface area contributed by atoms with Gasteiger partial charge in [0.1, 0.15) is 0 Å². The largest absolute Gasteiger partial charge is 0.352 e. The van der Waals surface area contributed by atoms with Crippen LogP contribution < -0.4 is 10.6 Å². The molecule has 0 aromatic heterocycles. The fourth-order valence-electron chi connectivity index (χ4n) is 1.50. The van der Waals surface area contributed by atoms with Crippen LogP contribution in [0.5, 0.6) is 0 Å². The summed E-state index contributed by atoms with van der Waals surface area (Å²) in [5.74, 6) is 0.666. The second-order valence-corrected chi connectivity index (χ2v) is 5.23. The van der Waals surface area contributed by atoms with E-state index in [2.05, 4.69) is 15.6 Å². The number of guanidine groups is 1. The molecule has 19 heavy (non-hydrogen) atoms. The summed E-state index contributed by atoms with van der Waals surface area (Å²) in [6.45, 7) is 6.59. The van der Waals surface area contributed by atoms with Crippen molar-refractivity contribution in [3.05, 3.63) is 39.9 Å². The molecule has 2 N–H and O–H groups in total. The lowest BCUT2D eigenvalue weighted by Gasteiger charge is -2.23. The molecule has 0 fully saturated rings. The summed E-state index contributed by atoms with van der Waals surface area (Å²) in [5.41, 5.74) is 0.842. The van der Waals surface area contributed by atoms with Gasteiger partial charge in [0.05, 0.1) is 4.92 Å². The van der Waals surface area contributed by atoms with Crippen LogP contribution in [0, 0.1) is 10.1 Å². The van der Waals surface area contributed by atoms with E-state index in [-0.39, 0.29) is 11.2 Å². The molecule has 0 heterocycles. The van der Waals surface area contributed by atoms with E-state index in [4.69, 9.17) is 0 Å². The van der Waals surface area contributed by atoms with E-state index in [9.17, 15) is 10.1 Å². The molecule has 104 valence electrons. The second-order valence-electron chi connectivity index (χ2n) is 5.23. The Kier molecular flexibility index (Phi) is 4.86. The minimum Gasteiger partial charge on any atom is -0.352 e. The minimum absolute atomic E-state index is 0.0927. The number of rotatable bonds is 3. The summed E-state index contributed by atoms with van der Waals surface area (Å²) in [6.07, 6.45) is 0. The predicted octanol–water partition coefficient (Wildman–Crippen LogP) is 2.06. The number of nitro benzene ring substituents is 1. The van der Waals surface area contributed by atoms with Gasteiger partial charge in [-0.2, -0.15) is 0 Å². The molecule has 6 nitrogen and oxygen atoms in total. The fraction of sp³-hybridized carbons (Fsp3) is 0.462. The lowest BCUT2D eigenvalue weighted by molar-refractivity contribution is -0.384. The van der Waals surface area contributed by atoms with E-state index < -0.39 is 4.92 Å². The highest BCUT2D eigenvalue weighted by Crippen LogP contribution is 2.12. The summed E-state index contributed by atoms with van der Waals surface area (Å²) in [7, 11) is 1.69. The Bertz CT molecular complexity index is 478. The molecule has 0 bridgehead atoms. The first kappa shape index (κ1) is 14.9. The van der Waals surface area contributed by atoms with Crippen molar-refractivity contribution in [2.24, 2.45) is 4.99 Å². The Hall–Kier alpha value is -2.11. The first-order valence-electron chi connectivity index (χ1n) is 6.04. The molecule has 6 heteroatoms. The Morgan fingerprint density at radius 2 is 2.11 bits per heavy atom. The third-order valence-electron chi connectivity index (χ3n) is 2.30. The summed E-state index contributed by atoms with van der Waals surface area (Å²) in [6, 6.07) is 6.54. The SMILES string of the molecule is CN=C(NCc1cccc([N+](=O)[O-])c1)NC(C)(C)C. The molecule has 0 aliphatic rings. The molecule has 0 aliphatic carbocycles. The topological polar surface area (TPSA) is 79.6 Å². The van der Waals surface area contributed by atoms with Crippen LogP contribution in [0.15, 0.2) is 29.3 Å². The molecular weight excluding hydrogens is 244 g/mol.